The van der Waals surface area contributed by atoms with Gasteiger partial charge >= 0.3 is 5.97 Å². The number of hydrogen-bond acceptors (Lipinski definition) is 3. The molecule has 1 aliphatic carbocycles. The molecule has 19 heavy (non-hydrogen) atoms. The summed E-state index contributed by atoms with van der Waals surface area (Å²) in [6.07, 6.45) is 2.44. The van der Waals surface area contributed by atoms with Gasteiger partial charge in [-0.05, 0) is 37.0 Å². The van der Waals surface area contributed by atoms with Gasteiger partial charge in [0.1, 0.15) is 0 Å². The molecule has 1 aliphatic rings. The quantitative estimate of drug-likeness (QED) is 0.706. The maximum Gasteiger partial charge on any atom is 0.335 e. The van der Waals surface area contributed by atoms with Crippen LogP contribution in [0.3, 0.4) is 0 Å². The fraction of sp³-hybridized carbons (Fsp3) is 0.429. The molecule has 1 fully saturated rings. The van der Waals surface area contributed by atoms with Gasteiger partial charge in [-0.25, -0.2) is 4.79 Å². The predicted octanol–water partition coefficient (Wildman–Crippen LogP) is 0.782. The summed E-state index contributed by atoms with van der Waals surface area (Å²) >= 11 is 0. The molecule has 0 unspecified atom stereocenters. The van der Waals surface area contributed by atoms with Crippen molar-refractivity contribution in [2.24, 2.45) is 11.1 Å². The fourth-order valence-corrected chi connectivity index (χ4v) is 2.00. The largest absolute Gasteiger partial charge is 0.478 e. The molecule has 0 atom stereocenters. The second-order valence-corrected chi connectivity index (χ2v) is 4.99. The van der Waals surface area contributed by atoms with Gasteiger partial charge < -0.3 is 16.2 Å². The Kier molecular flexibility index (Phi) is 3.85. The molecule has 102 valence electrons. The van der Waals surface area contributed by atoms with Gasteiger partial charge in [0.15, 0.2) is 0 Å². The number of nitrogens with one attached hydrogen (secondary N) is 1. The monoisotopic (exact) mass is 262 g/mol. The van der Waals surface area contributed by atoms with E-state index < -0.39 is 5.97 Å². The van der Waals surface area contributed by atoms with E-state index in [0.717, 1.165) is 18.4 Å². The number of nitrogens with two attached hydrogens (primary N) is 1. The van der Waals surface area contributed by atoms with Crippen molar-refractivity contribution in [3.63, 3.8) is 0 Å². The summed E-state index contributed by atoms with van der Waals surface area (Å²) in [6, 6.07) is 6.68. The van der Waals surface area contributed by atoms with Gasteiger partial charge in [0.05, 0.1) is 11.0 Å². The molecule has 0 aliphatic heterocycles. The number of hydrogen-bond donors (Lipinski definition) is 3. The lowest BCUT2D eigenvalue weighted by Gasteiger charge is -2.12. The van der Waals surface area contributed by atoms with Crippen LogP contribution in [0.2, 0.25) is 0 Å². The maximum absolute atomic E-state index is 11.8. The van der Waals surface area contributed by atoms with Crippen LogP contribution >= 0.6 is 0 Å². The topological polar surface area (TPSA) is 92.4 Å². The van der Waals surface area contributed by atoms with Crippen LogP contribution in [-0.4, -0.2) is 30.1 Å². The lowest BCUT2D eigenvalue weighted by molar-refractivity contribution is -0.125. The van der Waals surface area contributed by atoms with Crippen molar-refractivity contribution in [3.8, 4) is 0 Å². The van der Waals surface area contributed by atoms with E-state index in [1.165, 1.54) is 0 Å². The Morgan fingerprint density at radius 2 is 1.89 bits per heavy atom. The van der Waals surface area contributed by atoms with Gasteiger partial charge in [-0.3, -0.25) is 4.79 Å². The molecule has 2 rings (SSSR count). The number of aromatic carboxylic acids is 1. The SMILES string of the molecule is NCC1(C(=O)NCCc2ccc(C(=O)O)cc2)CC1. The van der Waals surface area contributed by atoms with Crippen molar-refractivity contribution in [2.75, 3.05) is 13.1 Å². The summed E-state index contributed by atoms with van der Waals surface area (Å²) in [6.45, 7) is 0.957. The van der Waals surface area contributed by atoms with Crippen LogP contribution in [0.1, 0.15) is 28.8 Å². The molecule has 5 heteroatoms. The molecule has 1 amide bonds. The lowest BCUT2D eigenvalue weighted by Crippen LogP contribution is -2.37. The van der Waals surface area contributed by atoms with Gasteiger partial charge in [-0.1, -0.05) is 12.1 Å². The highest BCUT2D eigenvalue weighted by Gasteiger charge is 2.48. The zero-order valence-corrected chi connectivity index (χ0v) is 10.7. The predicted molar refractivity (Wildman–Crippen MR) is 70.8 cm³/mol. The first-order valence-corrected chi connectivity index (χ1v) is 6.38. The normalized spacial score (nSPS) is 15.8. The number of amides is 1. The second kappa shape index (κ2) is 5.40. The summed E-state index contributed by atoms with van der Waals surface area (Å²) in [4.78, 5) is 22.5. The lowest BCUT2D eigenvalue weighted by atomic mass is 10.1. The summed E-state index contributed by atoms with van der Waals surface area (Å²) in [5.74, 6) is -0.893. The van der Waals surface area contributed by atoms with E-state index in [1.807, 2.05) is 0 Å². The third-order valence-corrected chi connectivity index (χ3v) is 3.63. The maximum atomic E-state index is 11.8. The van der Waals surface area contributed by atoms with Crippen molar-refractivity contribution in [2.45, 2.75) is 19.3 Å². The molecule has 1 saturated carbocycles. The third-order valence-electron chi connectivity index (χ3n) is 3.63. The van der Waals surface area contributed by atoms with Crippen LogP contribution in [0.25, 0.3) is 0 Å². The highest BCUT2D eigenvalue weighted by Crippen LogP contribution is 2.44. The number of carboxylic acid groups (broad SMARTS) is 1. The first kappa shape index (κ1) is 13.5. The number of rotatable bonds is 6. The van der Waals surface area contributed by atoms with Crippen molar-refractivity contribution < 1.29 is 14.7 Å². The molecule has 4 N–H and O–H groups in total. The zero-order chi connectivity index (χ0) is 13.9. The van der Waals surface area contributed by atoms with E-state index in [-0.39, 0.29) is 16.9 Å². The van der Waals surface area contributed by atoms with Crippen LogP contribution in [-0.2, 0) is 11.2 Å². The second-order valence-electron chi connectivity index (χ2n) is 4.99. The molecule has 0 bridgehead atoms. The number of carboxylic acids is 1. The Morgan fingerprint density at radius 3 is 2.37 bits per heavy atom. The first-order valence-electron chi connectivity index (χ1n) is 6.38. The van der Waals surface area contributed by atoms with Crippen LogP contribution < -0.4 is 11.1 Å². The average Bonchev–Trinajstić information content (AvgIpc) is 3.20. The minimum absolute atomic E-state index is 0.0390. The van der Waals surface area contributed by atoms with Gasteiger partial charge in [0.2, 0.25) is 5.91 Å². The van der Waals surface area contributed by atoms with Gasteiger partial charge in [0.25, 0.3) is 0 Å². The van der Waals surface area contributed by atoms with Gasteiger partial charge in [-0.15, -0.1) is 0 Å². The number of benzene rings is 1. The molecule has 0 aromatic heterocycles. The highest BCUT2D eigenvalue weighted by atomic mass is 16.4. The molecule has 0 radical (unpaired) electrons. The highest BCUT2D eigenvalue weighted by molar-refractivity contribution is 5.87. The molecule has 1 aromatic rings. The Bertz CT molecular complexity index is 478. The molecule has 0 spiro atoms. The molecular weight excluding hydrogens is 244 g/mol. The molecule has 0 saturated heterocycles. The number of carbonyl (C=O) groups is 2. The molecule has 5 nitrogen and oxygen atoms in total. The summed E-state index contributed by atoms with van der Waals surface area (Å²) in [5, 5.41) is 11.7. The minimum atomic E-state index is -0.932. The van der Waals surface area contributed by atoms with Gasteiger partial charge in [0, 0.05) is 13.1 Å². The van der Waals surface area contributed by atoms with Crippen molar-refractivity contribution in [1.82, 2.24) is 5.32 Å². The summed E-state index contributed by atoms with van der Waals surface area (Å²) in [7, 11) is 0. The van der Waals surface area contributed by atoms with Crippen LogP contribution in [0, 0.1) is 5.41 Å². The van der Waals surface area contributed by atoms with E-state index in [9.17, 15) is 9.59 Å². The van der Waals surface area contributed by atoms with Crippen molar-refractivity contribution in [3.05, 3.63) is 35.4 Å². The van der Waals surface area contributed by atoms with Crippen molar-refractivity contribution in [1.29, 1.82) is 0 Å². The standard InChI is InChI=1S/C14H18N2O3/c15-9-14(6-7-14)13(19)16-8-5-10-1-3-11(4-2-10)12(17)18/h1-4H,5-9,15H2,(H,16,19)(H,17,18). The summed E-state index contributed by atoms with van der Waals surface area (Å²) in [5.41, 5.74) is 6.54. The average molecular weight is 262 g/mol. The van der Waals surface area contributed by atoms with E-state index >= 15 is 0 Å². The minimum Gasteiger partial charge on any atom is -0.478 e. The Morgan fingerprint density at radius 1 is 1.26 bits per heavy atom. The number of carbonyl (C=O) groups excluding carboxylic acids is 1. The third kappa shape index (κ3) is 3.12. The first-order chi connectivity index (χ1) is 9.07. The van der Waals surface area contributed by atoms with Crippen LogP contribution in [0.5, 0.6) is 0 Å². The molecular formula is C14H18N2O3. The van der Waals surface area contributed by atoms with E-state index in [1.54, 1.807) is 24.3 Å². The van der Waals surface area contributed by atoms with E-state index in [0.29, 0.717) is 19.5 Å². The molecule has 0 heterocycles. The zero-order valence-electron chi connectivity index (χ0n) is 10.7. The summed E-state index contributed by atoms with van der Waals surface area (Å²) < 4.78 is 0. The van der Waals surface area contributed by atoms with Crippen molar-refractivity contribution >= 4 is 11.9 Å². The van der Waals surface area contributed by atoms with E-state index in [2.05, 4.69) is 5.32 Å². The van der Waals surface area contributed by atoms with Gasteiger partial charge in [-0.2, -0.15) is 0 Å². The Balaban J connectivity index is 1.79. The fourth-order valence-electron chi connectivity index (χ4n) is 2.00. The molecule has 1 aromatic carbocycles. The van der Waals surface area contributed by atoms with E-state index in [4.69, 9.17) is 10.8 Å². The Labute approximate surface area is 111 Å². The van der Waals surface area contributed by atoms with Crippen LogP contribution in [0.4, 0.5) is 0 Å². The Hall–Kier alpha value is -1.88. The van der Waals surface area contributed by atoms with Crippen LogP contribution in [0.15, 0.2) is 24.3 Å². The smallest absolute Gasteiger partial charge is 0.335 e.